The first-order valence-electron chi connectivity index (χ1n) is 19.7. The Morgan fingerprint density at radius 2 is 1.00 bits per heavy atom. The second-order valence-corrected chi connectivity index (χ2v) is 14.1. The number of aromatic nitrogens is 6. The Balaban J connectivity index is 0.000000216. The molecule has 0 atom stereocenters. The highest BCUT2D eigenvalue weighted by atomic mass is 35.5. The molecule has 0 bridgehead atoms. The fourth-order valence-corrected chi connectivity index (χ4v) is 6.18. The summed E-state index contributed by atoms with van der Waals surface area (Å²) < 4.78 is 33.7. The molecule has 0 saturated carbocycles. The van der Waals surface area contributed by atoms with Crippen molar-refractivity contribution in [1.29, 1.82) is 0 Å². The molecule has 8 aromatic rings. The molecule has 0 aliphatic heterocycles. The number of rotatable bonds is 14. The van der Waals surface area contributed by atoms with Gasteiger partial charge in [-0.1, -0.05) is 43.8 Å². The summed E-state index contributed by atoms with van der Waals surface area (Å²) in [5, 5.41) is 18.0. The summed E-state index contributed by atoms with van der Waals surface area (Å²) >= 11 is 5.18. The Labute approximate surface area is 376 Å². The van der Waals surface area contributed by atoms with E-state index in [4.69, 9.17) is 30.5 Å². The number of hydrogen-bond donors (Lipinski definition) is 1. The summed E-state index contributed by atoms with van der Waals surface area (Å²) in [7, 11) is 6.93. The van der Waals surface area contributed by atoms with Crippen molar-refractivity contribution in [2.75, 3.05) is 39.9 Å². The van der Waals surface area contributed by atoms with Gasteiger partial charge in [0.1, 0.15) is 41.1 Å². The van der Waals surface area contributed by atoms with Crippen molar-refractivity contribution in [3.05, 3.63) is 179 Å². The second-order valence-electron chi connectivity index (χ2n) is 13.7. The first-order chi connectivity index (χ1) is 30.6. The number of aromatic hydroxyl groups is 1. The van der Waals surface area contributed by atoms with Crippen molar-refractivity contribution < 1.29 is 28.8 Å². The predicted octanol–water partition coefficient (Wildman–Crippen LogP) is 9.30. The fourth-order valence-electron chi connectivity index (χ4n) is 6.03. The fraction of sp³-hybridized carbons (Fsp3) is 0.184. The molecule has 0 fully saturated rings. The lowest BCUT2D eigenvalue weighted by Crippen LogP contribution is -2.17. The van der Waals surface area contributed by atoms with E-state index in [-0.39, 0.29) is 24.3 Å². The molecule has 0 spiro atoms. The van der Waals surface area contributed by atoms with E-state index in [0.29, 0.717) is 60.1 Å². The summed E-state index contributed by atoms with van der Waals surface area (Å²) in [5.41, 5.74) is 4.11. The maximum atomic E-state index is 12.9. The van der Waals surface area contributed by atoms with Crippen LogP contribution in [0.5, 0.6) is 34.5 Å². The van der Waals surface area contributed by atoms with Crippen molar-refractivity contribution in [2.24, 2.45) is 14.1 Å². The number of ether oxygens (including phenoxy) is 5. The zero-order valence-corrected chi connectivity index (χ0v) is 36.0. The van der Waals surface area contributed by atoms with Crippen molar-refractivity contribution >= 4 is 11.6 Å². The van der Waals surface area contributed by atoms with Gasteiger partial charge in [0, 0.05) is 105 Å². The average Bonchev–Trinajstić information content (AvgIpc) is 3.94. The first kappa shape index (κ1) is 47.7. The van der Waals surface area contributed by atoms with Crippen LogP contribution < -0.4 is 25.3 Å². The number of para-hydroxylation sites is 2. The summed E-state index contributed by atoms with van der Waals surface area (Å²) in [6.45, 7) is 1.63. The van der Waals surface area contributed by atoms with Crippen LogP contribution in [0.4, 0.5) is 0 Å². The molecule has 0 amide bonds. The van der Waals surface area contributed by atoms with E-state index in [2.05, 4.69) is 14.9 Å². The van der Waals surface area contributed by atoms with Crippen LogP contribution in [-0.4, -0.2) is 73.7 Å². The molecule has 1 N–H and O–H groups in total. The topological polar surface area (TPSA) is 146 Å². The zero-order valence-electron chi connectivity index (χ0n) is 35.2. The minimum absolute atomic E-state index is 0. The van der Waals surface area contributed by atoms with Gasteiger partial charge in [-0.3, -0.25) is 28.1 Å². The molecule has 15 heteroatoms. The van der Waals surface area contributed by atoms with E-state index in [1.807, 2.05) is 111 Å². The normalized spacial score (nSPS) is 10.4. The molecular formula is C49H51ClN6O8. The number of alkyl halides is 1. The Bertz CT molecular complexity index is 2770. The lowest BCUT2D eigenvalue weighted by molar-refractivity contribution is 0.146. The molecule has 332 valence electrons. The quantitative estimate of drug-likeness (QED) is 0.0828. The third-order valence-corrected chi connectivity index (χ3v) is 9.24. The lowest BCUT2D eigenvalue weighted by Gasteiger charge is -2.14. The maximum Gasteiger partial charge on any atom is 0.258 e. The molecule has 0 aliphatic carbocycles. The van der Waals surface area contributed by atoms with Crippen LogP contribution in [0, 0.1) is 0 Å². The van der Waals surface area contributed by atoms with Gasteiger partial charge in [-0.15, -0.1) is 11.6 Å². The predicted molar refractivity (Wildman–Crippen MR) is 250 cm³/mol. The number of phenols is 1. The minimum atomic E-state index is -0.237. The molecule has 8 rings (SSSR count). The summed E-state index contributed by atoms with van der Waals surface area (Å²) in [6, 6.07) is 35.4. The van der Waals surface area contributed by atoms with E-state index in [1.54, 1.807) is 77.2 Å². The highest BCUT2D eigenvalue weighted by Crippen LogP contribution is 2.34. The molecule has 0 unspecified atom stereocenters. The van der Waals surface area contributed by atoms with Crippen LogP contribution in [0.3, 0.4) is 0 Å². The van der Waals surface area contributed by atoms with E-state index in [1.165, 1.54) is 16.7 Å². The summed E-state index contributed by atoms with van der Waals surface area (Å²) in [5.74, 6) is 3.67. The van der Waals surface area contributed by atoms with E-state index < -0.39 is 0 Å². The van der Waals surface area contributed by atoms with Gasteiger partial charge in [0.05, 0.1) is 25.6 Å². The molecule has 4 aromatic carbocycles. The second kappa shape index (κ2) is 23.7. The van der Waals surface area contributed by atoms with Gasteiger partial charge in [0.2, 0.25) is 0 Å². The summed E-state index contributed by atoms with van der Waals surface area (Å²) in [4.78, 5) is 25.6. The maximum absolute atomic E-state index is 12.9. The van der Waals surface area contributed by atoms with E-state index >= 15 is 0 Å². The zero-order chi connectivity index (χ0) is 44.6. The highest BCUT2D eigenvalue weighted by Gasteiger charge is 2.16. The summed E-state index contributed by atoms with van der Waals surface area (Å²) in [6.07, 6.45) is 10.7. The van der Waals surface area contributed by atoms with Gasteiger partial charge in [0.15, 0.2) is 0 Å². The van der Waals surface area contributed by atoms with Gasteiger partial charge in [0.25, 0.3) is 11.1 Å². The number of aryl methyl sites for hydroxylation is 2. The van der Waals surface area contributed by atoms with Gasteiger partial charge in [-0.2, -0.15) is 10.2 Å². The number of pyridine rings is 2. The largest absolute Gasteiger partial charge is 0.508 e. The number of phenolic OH excluding ortho intramolecular Hbond substituents is 1. The molecule has 0 radical (unpaired) electrons. The monoisotopic (exact) mass is 886 g/mol. The number of methoxy groups -OCH3 is 2. The Hall–Kier alpha value is -7.39. The van der Waals surface area contributed by atoms with Gasteiger partial charge < -0.3 is 28.8 Å². The van der Waals surface area contributed by atoms with Crippen molar-refractivity contribution in [1.82, 2.24) is 28.7 Å². The lowest BCUT2D eigenvalue weighted by atomic mass is 10.1. The number of hydrogen-bond acceptors (Lipinski definition) is 10. The third-order valence-electron chi connectivity index (χ3n) is 9.09. The number of nitrogens with zero attached hydrogens (tertiary/aromatic N) is 6. The SMILES string of the molecule is C.COCCCl.COCCOc1ccc(-n2cc(-c3cnn(C)c3)c(Oc3ccccc3)cc2=O)cc1.Cn1cc(-c2cn(-c3ccc(O)cc3)c(=O)cc2Oc2ccccc2)cn1. The Morgan fingerprint density at radius 1 is 0.562 bits per heavy atom. The molecule has 4 aromatic heterocycles. The molecule has 0 aliphatic rings. The molecule has 14 nitrogen and oxygen atoms in total. The number of benzene rings is 4. The van der Waals surface area contributed by atoms with Crippen LogP contribution in [0.15, 0.2) is 168 Å². The van der Waals surface area contributed by atoms with Crippen molar-refractivity contribution in [3.63, 3.8) is 0 Å². The molecule has 0 saturated heterocycles. The van der Waals surface area contributed by atoms with Crippen LogP contribution in [0.25, 0.3) is 33.6 Å². The molecule has 64 heavy (non-hydrogen) atoms. The van der Waals surface area contributed by atoms with Crippen molar-refractivity contribution in [3.8, 4) is 68.1 Å². The standard InChI is InChI=1S/C24H23N3O4.C21H17N3O3.C3H7ClO.CH4/c1-26-16-18(15-25-26)22-17-27(19-8-10-20(11-9-19)30-13-12-29-2)24(28)14-23(22)31-21-6-4-3-5-7-21;1-23-13-15(12-22-23)19-14-24(16-7-9-17(25)10-8-16)21(26)11-20(19)27-18-5-3-2-4-6-18;1-5-3-2-4;/h3-11,14-17H,12-13H2,1-2H3;2-14,25H,1H3;2-3H2,1H3;1H4. The molecular weight excluding hydrogens is 836 g/mol. The van der Waals surface area contributed by atoms with Crippen LogP contribution >= 0.6 is 11.6 Å². The van der Waals surface area contributed by atoms with Gasteiger partial charge in [-0.25, -0.2) is 0 Å². The molecule has 4 heterocycles. The van der Waals surface area contributed by atoms with Crippen LogP contribution in [0.2, 0.25) is 0 Å². The van der Waals surface area contributed by atoms with E-state index in [9.17, 15) is 14.7 Å². The average molecular weight is 887 g/mol. The number of halogens is 1. The first-order valence-corrected chi connectivity index (χ1v) is 20.2. The van der Waals surface area contributed by atoms with Crippen LogP contribution in [0.1, 0.15) is 7.43 Å². The van der Waals surface area contributed by atoms with E-state index in [0.717, 1.165) is 27.9 Å². The van der Waals surface area contributed by atoms with Crippen LogP contribution in [-0.2, 0) is 23.6 Å². The third kappa shape index (κ3) is 13.1. The van der Waals surface area contributed by atoms with Gasteiger partial charge in [-0.05, 0) is 72.8 Å². The Morgan fingerprint density at radius 3 is 1.38 bits per heavy atom. The van der Waals surface area contributed by atoms with Crippen molar-refractivity contribution in [2.45, 2.75) is 7.43 Å². The smallest absolute Gasteiger partial charge is 0.258 e. The van der Waals surface area contributed by atoms with Gasteiger partial charge >= 0.3 is 0 Å². The highest BCUT2D eigenvalue weighted by molar-refractivity contribution is 6.17. The minimum Gasteiger partial charge on any atom is -0.508 e. The Kier molecular flexibility index (Phi) is 17.7.